The van der Waals surface area contributed by atoms with Crippen molar-refractivity contribution in [3.8, 4) is 0 Å². The number of carbonyl (C=O) groups excluding carboxylic acids is 1. The van der Waals surface area contributed by atoms with Gasteiger partial charge in [-0.2, -0.15) is 0 Å². The molecule has 0 saturated carbocycles. The van der Waals surface area contributed by atoms with Crippen LogP contribution in [-0.4, -0.2) is 10.5 Å². The highest BCUT2D eigenvalue weighted by Gasteiger charge is 2.25. The van der Waals surface area contributed by atoms with Crippen molar-refractivity contribution >= 4 is 50.0 Å². The second kappa shape index (κ2) is 6.00. The van der Waals surface area contributed by atoms with Gasteiger partial charge in [0.2, 0.25) is 5.43 Å². The minimum absolute atomic E-state index is 0.139. The van der Waals surface area contributed by atoms with Crippen molar-refractivity contribution < 1.29 is 4.79 Å². The molecule has 4 rings (SSSR count). The number of rotatable bonds is 2. The zero-order valence-corrected chi connectivity index (χ0v) is 15.7. The number of carbonyl (C=O) groups is 1. The molecule has 0 radical (unpaired) electrons. The summed E-state index contributed by atoms with van der Waals surface area (Å²) in [7, 11) is 0. The number of hydrogen-bond donors (Lipinski definition) is 1. The molecule has 0 unspecified atom stereocenters. The summed E-state index contributed by atoms with van der Waals surface area (Å²) in [6.07, 6.45) is 2.52. The number of amides is 1. The van der Waals surface area contributed by atoms with Crippen LogP contribution in [0.2, 0.25) is 5.02 Å². The number of hydrogen-bond acceptors (Lipinski definition) is 2. The number of anilines is 1. The third kappa shape index (κ3) is 2.77. The third-order valence-electron chi connectivity index (χ3n) is 4.51. The highest BCUT2D eigenvalue weighted by molar-refractivity contribution is 9.10. The number of nitrogens with zero attached hydrogens (tertiary/aromatic N) is 1. The summed E-state index contributed by atoms with van der Waals surface area (Å²) in [5.41, 5.74) is 2.52. The third-order valence-corrected chi connectivity index (χ3v) is 5.22. The molecule has 1 aliphatic heterocycles. The van der Waals surface area contributed by atoms with Crippen LogP contribution >= 0.6 is 27.5 Å². The van der Waals surface area contributed by atoms with Gasteiger partial charge in [-0.25, -0.2) is 0 Å². The van der Waals surface area contributed by atoms with E-state index < -0.39 is 5.91 Å². The summed E-state index contributed by atoms with van der Waals surface area (Å²) in [6, 6.07) is 10.8. The molecule has 0 spiro atoms. The zero-order chi connectivity index (χ0) is 17.7. The highest BCUT2D eigenvalue weighted by Crippen LogP contribution is 2.33. The maximum Gasteiger partial charge on any atom is 0.261 e. The van der Waals surface area contributed by atoms with Crippen LogP contribution in [-0.2, 0) is 6.42 Å². The first kappa shape index (κ1) is 16.4. The maximum absolute atomic E-state index is 12.9. The van der Waals surface area contributed by atoms with Crippen LogP contribution in [0.1, 0.15) is 28.9 Å². The van der Waals surface area contributed by atoms with E-state index in [4.69, 9.17) is 11.6 Å². The predicted molar refractivity (Wildman–Crippen MR) is 104 cm³/mol. The van der Waals surface area contributed by atoms with Crippen molar-refractivity contribution in [2.75, 3.05) is 5.32 Å². The average molecular weight is 418 g/mol. The SMILES string of the molecule is C[C@H]1Cc2cc(Br)cc3c(=O)c(C(=O)Nc4ccc(Cl)cc4)cn1c23. The number of aromatic nitrogens is 1. The van der Waals surface area contributed by atoms with Crippen LogP contribution in [0.15, 0.2) is 51.9 Å². The van der Waals surface area contributed by atoms with E-state index in [9.17, 15) is 9.59 Å². The molecule has 0 aliphatic carbocycles. The summed E-state index contributed by atoms with van der Waals surface area (Å²) in [5.74, 6) is -0.418. The molecule has 126 valence electrons. The maximum atomic E-state index is 12.9. The van der Waals surface area contributed by atoms with Crippen LogP contribution in [0.3, 0.4) is 0 Å². The van der Waals surface area contributed by atoms with Gasteiger partial charge in [0, 0.05) is 32.8 Å². The van der Waals surface area contributed by atoms with Crippen molar-refractivity contribution in [2.45, 2.75) is 19.4 Å². The predicted octanol–water partition coefficient (Wildman–Crippen LogP) is 4.79. The van der Waals surface area contributed by atoms with E-state index in [1.165, 1.54) is 0 Å². The lowest BCUT2D eigenvalue weighted by atomic mass is 10.1. The van der Waals surface area contributed by atoms with E-state index in [2.05, 4.69) is 28.2 Å². The molecule has 2 aromatic carbocycles. The van der Waals surface area contributed by atoms with Crippen LogP contribution in [0.5, 0.6) is 0 Å². The van der Waals surface area contributed by atoms with E-state index >= 15 is 0 Å². The van der Waals surface area contributed by atoms with E-state index in [0.717, 1.165) is 22.0 Å². The first-order valence-electron chi connectivity index (χ1n) is 7.88. The first-order valence-corrected chi connectivity index (χ1v) is 9.05. The topological polar surface area (TPSA) is 51.1 Å². The largest absolute Gasteiger partial charge is 0.343 e. The molecule has 3 aromatic rings. The van der Waals surface area contributed by atoms with Crippen molar-refractivity contribution in [2.24, 2.45) is 0 Å². The van der Waals surface area contributed by atoms with Gasteiger partial charge in [-0.3, -0.25) is 9.59 Å². The van der Waals surface area contributed by atoms with Gasteiger partial charge in [0.15, 0.2) is 0 Å². The average Bonchev–Trinajstić information content (AvgIpc) is 2.88. The molecule has 6 heteroatoms. The molecule has 1 amide bonds. The molecule has 1 aliphatic rings. The molecule has 4 nitrogen and oxygen atoms in total. The van der Waals surface area contributed by atoms with Gasteiger partial charge in [0.1, 0.15) is 5.56 Å². The summed E-state index contributed by atoms with van der Waals surface area (Å²) in [5, 5.41) is 3.92. The number of benzene rings is 2. The van der Waals surface area contributed by atoms with Gasteiger partial charge in [0.25, 0.3) is 5.91 Å². The van der Waals surface area contributed by atoms with Gasteiger partial charge in [-0.15, -0.1) is 0 Å². The molecule has 0 saturated heterocycles. The van der Waals surface area contributed by atoms with Gasteiger partial charge < -0.3 is 9.88 Å². The Hall–Kier alpha value is -2.11. The van der Waals surface area contributed by atoms with Gasteiger partial charge in [0.05, 0.1) is 5.52 Å². The molecular weight excluding hydrogens is 404 g/mol. The minimum atomic E-state index is -0.418. The first-order chi connectivity index (χ1) is 11.9. The van der Waals surface area contributed by atoms with Crippen molar-refractivity contribution in [1.29, 1.82) is 0 Å². The Morgan fingerprint density at radius 3 is 2.72 bits per heavy atom. The number of halogens is 2. The fourth-order valence-electron chi connectivity index (χ4n) is 3.35. The van der Waals surface area contributed by atoms with Gasteiger partial charge in [-0.1, -0.05) is 27.5 Å². The lowest BCUT2D eigenvalue weighted by molar-refractivity contribution is 0.102. The number of nitrogens with one attached hydrogen (secondary N) is 1. The Labute approximate surface area is 157 Å². The van der Waals surface area contributed by atoms with Crippen LogP contribution in [0.4, 0.5) is 5.69 Å². The summed E-state index contributed by atoms with van der Waals surface area (Å²) >= 11 is 9.32. The van der Waals surface area contributed by atoms with Crippen LogP contribution < -0.4 is 10.7 Å². The Balaban J connectivity index is 1.83. The zero-order valence-electron chi connectivity index (χ0n) is 13.3. The molecule has 1 N–H and O–H groups in total. The fourth-order valence-corrected chi connectivity index (χ4v) is 3.99. The molecule has 2 heterocycles. The fraction of sp³-hybridized carbons (Fsp3) is 0.158. The van der Waals surface area contributed by atoms with Crippen molar-refractivity contribution in [3.63, 3.8) is 0 Å². The van der Waals surface area contributed by atoms with E-state index in [1.807, 2.05) is 10.6 Å². The molecule has 1 aromatic heterocycles. The Morgan fingerprint density at radius 2 is 2.00 bits per heavy atom. The molecule has 0 fully saturated rings. The van der Waals surface area contributed by atoms with E-state index in [-0.39, 0.29) is 17.0 Å². The second-order valence-corrected chi connectivity index (χ2v) is 7.61. The quantitative estimate of drug-likeness (QED) is 0.652. The Morgan fingerprint density at radius 1 is 1.28 bits per heavy atom. The second-order valence-electron chi connectivity index (χ2n) is 6.25. The molecule has 0 bridgehead atoms. The van der Waals surface area contributed by atoms with Crippen molar-refractivity contribution in [3.05, 3.63) is 73.4 Å². The molecular formula is C19H14BrClN2O2. The normalized spacial score (nSPS) is 15.6. The Kier molecular flexibility index (Phi) is 3.93. The molecule has 25 heavy (non-hydrogen) atoms. The highest BCUT2D eigenvalue weighted by atomic mass is 79.9. The smallest absolute Gasteiger partial charge is 0.261 e. The van der Waals surface area contributed by atoms with E-state index in [1.54, 1.807) is 36.5 Å². The Bertz CT molecular complexity index is 1070. The lowest BCUT2D eigenvalue weighted by Crippen LogP contribution is -2.23. The van der Waals surface area contributed by atoms with Gasteiger partial charge >= 0.3 is 0 Å². The van der Waals surface area contributed by atoms with Crippen LogP contribution in [0.25, 0.3) is 10.9 Å². The lowest BCUT2D eigenvalue weighted by Gasteiger charge is -2.13. The summed E-state index contributed by atoms with van der Waals surface area (Å²) < 4.78 is 2.87. The standard InChI is InChI=1S/C19H14BrClN2O2/c1-10-6-11-7-12(20)8-15-17(11)23(10)9-16(18(15)24)19(25)22-14-4-2-13(21)3-5-14/h2-5,7-10H,6H2,1H3,(H,22,25)/t10-/m0/s1. The van der Waals surface area contributed by atoms with E-state index in [0.29, 0.717) is 16.1 Å². The summed E-state index contributed by atoms with van der Waals surface area (Å²) in [6.45, 7) is 2.08. The summed E-state index contributed by atoms with van der Waals surface area (Å²) in [4.78, 5) is 25.6. The molecule has 1 atom stereocenters. The van der Waals surface area contributed by atoms with Crippen LogP contribution in [0, 0.1) is 0 Å². The monoisotopic (exact) mass is 416 g/mol. The van der Waals surface area contributed by atoms with Crippen molar-refractivity contribution in [1.82, 2.24) is 4.57 Å². The van der Waals surface area contributed by atoms with Gasteiger partial charge in [-0.05, 0) is 55.3 Å². The minimum Gasteiger partial charge on any atom is -0.343 e. The number of pyridine rings is 1.